The number of carbonyl (C=O) groups is 4. The molecule has 4 rings (SSSR count). The normalized spacial score (nSPS) is 14.5. The number of para-hydroxylation sites is 1. The third-order valence-corrected chi connectivity index (χ3v) is 6.39. The number of urea groups is 1. The number of benzene rings is 3. The molecule has 8 nitrogen and oxygen atoms in total. The second-order valence-corrected chi connectivity index (χ2v) is 9.07. The van der Waals surface area contributed by atoms with Crippen LogP contribution in [0.4, 0.5) is 16.2 Å². The van der Waals surface area contributed by atoms with Crippen molar-refractivity contribution in [2.75, 3.05) is 16.8 Å². The highest BCUT2D eigenvalue weighted by Gasteiger charge is 2.37. The van der Waals surface area contributed by atoms with Gasteiger partial charge >= 0.3 is 6.03 Å². The van der Waals surface area contributed by atoms with Crippen LogP contribution in [-0.4, -0.2) is 30.4 Å². The largest absolute Gasteiger partial charge is 0.482 e. The lowest BCUT2D eigenvalue weighted by Gasteiger charge is -2.27. The quantitative estimate of drug-likeness (QED) is 0.301. The molecule has 3 aromatic carbocycles. The molecule has 1 fully saturated rings. The Kier molecular flexibility index (Phi) is 7.83. The second kappa shape index (κ2) is 11.0. The van der Waals surface area contributed by atoms with Crippen LogP contribution in [0.2, 0.25) is 15.1 Å². The number of nitrogens with one attached hydrogen (secondary N) is 2. The van der Waals surface area contributed by atoms with Gasteiger partial charge in [-0.2, -0.15) is 0 Å². The summed E-state index contributed by atoms with van der Waals surface area (Å²) in [6, 6.07) is 15.2. The number of rotatable bonds is 6. The average Bonchev–Trinajstić information content (AvgIpc) is 2.85. The fourth-order valence-electron chi connectivity index (χ4n) is 3.50. The maximum Gasteiger partial charge on any atom is 0.335 e. The van der Waals surface area contributed by atoms with E-state index in [9.17, 15) is 19.2 Å². The number of barbiturate groups is 1. The van der Waals surface area contributed by atoms with E-state index in [1.807, 2.05) is 0 Å². The minimum absolute atomic E-state index is 0.141. The summed E-state index contributed by atoms with van der Waals surface area (Å²) < 4.78 is 5.49. The molecule has 1 aliphatic rings. The molecule has 0 aliphatic carbocycles. The lowest BCUT2D eigenvalue weighted by atomic mass is 10.1. The van der Waals surface area contributed by atoms with Crippen molar-refractivity contribution in [3.05, 3.63) is 92.4 Å². The van der Waals surface area contributed by atoms with Crippen molar-refractivity contribution in [3.63, 3.8) is 0 Å². The van der Waals surface area contributed by atoms with Gasteiger partial charge in [-0.05, 0) is 60.5 Å². The number of carbonyl (C=O) groups excluding carboxylic acids is 4. The van der Waals surface area contributed by atoms with Crippen LogP contribution in [0.15, 0.2) is 66.2 Å². The molecule has 0 atom stereocenters. The number of imide groups is 2. The molecule has 0 radical (unpaired) electrons. The Morgan fingerprint density at radius 3 is 2.43 bits per heavy atom. The van der Waals surface area contributed by atoms with Crippen LogP contribution in [0.25, 0.3) is 6.08 Å². The topological polar surface area (TPSA) is 105 Å². The second-order valence-electron chi connectivity index (χ2n) is 7.85. The summed E-state index contributed by atoms with van der Waals surface area (Å²) in [6.07, 6.45) is 1.30. The number of anilines is 2. The molecule has 0 spiro atoms. The highest BCUT2D eigenvalue weighted by Crippen LogP contribution is 2.31. The van der Waals surface area contributed by atoms with Crippen LogP contribution >= 0.6 is 34.8 Å². The van der Waals surface area contributed by atoms with Gasteiger partial charge in [-0.3, -0.25) is 19.7 Å². The molecule has 3 aromatic rings. The molecule has 0 bridgehead atoms. The van der Waals surface area contributed by atoms with E-state index in [4.69, 9.17) is 39.5 Å². The van der Waals surface area contributed by atoms with Crippen molar-refractivity contribution in [2.45, 2.75) is 6.92 Å². The predicted octanol–water partition coefficient (Wildman–Crippen LogP) is 5.64. The lowest BCUT2D eigenvalue weighted by Crippen LogP contribution is -2.54. The monoisotopic (exact) mass is 557 g/mol. The van der Waals surface area contributed by atoms with Crippen molar-refractivity contribution in [1.82, 2.24) is 5.32 Å². The van der Waals surface area contributed by atoms with Gasteiger partial charge in [-0.1, -0.05) is 59.1 Å². The molecule has 1 aliphatic heterocycles. The van der Waals surface area contributed by atoms with Gasteiger partial charge < -0.3 is 10.1 Å². The van der Waals surface area contributed by atoms with Crippen molar-refractivity contribution >= 4 is 76.0 Å². The molecule has 1 heterocycles. The summed E-state index contributed by atoms with van der Waals surface area (Å²) in [5.41, 5.74) is 1.33. The molecule has 0 aromatic heterocycles. The van der Waals surface area contributed by atoms with Crippen LogP contribution in [0.1, 0.15) is 11.1 Å². The first-order valence-corrected chi connectivity index (χ1v) is 11.9. The Morgan fingerprint density at radius 1 is 0.973 bits per heavy atom. The van der Waals surface area contributed by atoms with E-state index < -0.39 is 23.8 Å². The van der Waals surface area contributed by atoms with E-state index in [2.05, 4.69) is 10.6 Å². The van der Waals surface area contributed by atoms with Gasteiger partial charge in [0.15, 0.2) is 6.61 Å². The van der Waals surface area contributed by atoms with Crippen LogP contribution in [0.3, 0.4) is 0 Å². The van der Waals surface area contributed by atoms with E-state index in [1.54, 1.807) is 55.5 Å². The Bertz CT molecular complexity index is 1470. The molecule has 37 heavy (non-hydrogen) atoms. The predicted molar refractivity (Wildman–Crippen MR) is 142 cm³/mol. The van der Waals surface area contributed by atoms with Gasteiger partial charge in [0.05, 0.1) is 21.4 Å². The average molecular weight is 559 g/mol. The van der Waals surface area contributed by atoms with Crippen LogP contribution in [0, 0.1) is 6.92 Å². The molecule has 11 heteroatoms. The van der Waals surface area contributed by atoms with Crippen LogP contribution in [0.5, 0.6) is 5.75 Å². The summed E-state index contributed by atoms with van der Waals surface area (Å²) in [6.45, 7) is 1.33. The zero-order chi connectivity index (χ0) is 26.7. The van der Waals surface area contributed by atoms with E-state index in [-0.39, 0.29) is 28.6 Å². The minimum atomic E-state index is -0.880. The van der Waals surface area contributed by atoms with E-state index in [0.717, 1.165) is 4.90 Å². The zero-order valence-electron chi connectivity index (χ0n) is 19.2. The SMILES string of the molecule is Cc1c(Cl)cccc1N1C(=O)NC(=O)/C(=C/c2ccc(OCC(=O)Nc3ccccc3Cl)c(Cl)c2)C1=O. The fraction of sp³-hybridized carbons (Fsp3) is 0.0769. The molecule has 188 valence electrons. The fourth-order valence-corrected chi connectivity index (χ4v) is 4.09. The first-order chi connectivity index (χ1) is 17.7. The lowest BCUT2D eigenvalue weighted by molar-refractivity contribution is -0.122. The van der Waals surface area contributed by atoms with Crippen molar-refractivity contribution in [1.29, 1.82) is 0 Å². The summed E-state index contributed by atoms with van der Waals surface area (Å²) in [7, 11) is 0. The third-order valence-electron chi connectivity index (χ3n) is 5.36. The summed E-state index contributed by atoms with van der Waals surface area (Å²) >= 11 is 18.5. The van der Waals surface area contributed by atoms with Gasteiger partial charge in [-0.25, -0.2) is 9.69 Å². The first kappa shape index (κ1) is 26.2. The number of ether oxygens (including phenoxy) is 1. The van der Waals surface area contributed by atoms with Gasteiger partial charge in [0, 0.05) is 5.02 Å². The summed E-state index contributed by atoms with van der Waals surface area (Å²) in [4.78, 5) is 51.1. The molecular weight excluding hydrogens is 541 g/mol. The summed E-state index contributed by atoms with van der Waals surface area (Å²) in [5.74, 6) is -1.89. The van der Waals surface area contributed by atoms with Gasteiger partial charge in [0.25, 0.3) is 17.7 Å². The zero-order valence-corrected chi connectivity index (χ0v) is 21.4. The van der Waals surface area contributed by atoms with Gasteiger partial charge in [0.1, 0.15) is 11.3 Å². The minimum Gasteiger partial charge on any atom is -0.482 e. The highest BCUT2D eigenvalue weighted by atomic mass is 35.5. The number of nitrogens with zero attached hydrogens (tertiary/aromatic N) is 1. The molecule has 0 saturated carbocycles. The van der Waals surface area contributed by atoms with Crippen LogP contribution < -0.4 is 20.3 Å². The molecule has 0 unspecified atom stereocenters. The molecule has 1 saturated heterocycles. The van der Waals surface area contributed by atoms with Crippen molar-refractivity contribution < 1.29 is 23.9 Å². The first-order valence-electron chi connectivity index (χ1n) is 10.8. The Balaban J connectivity index is 1.51. The van der Waals surface area contributed by atoms with Gasteiger partial charge in [0.2, 0.25) is 0 Å². The highest BCUT2D eigenvalue weighted by molar-refractivity contribution is 6.40. The number of halogens is 3. The Labute approximate surface area is 226 Å². The molecule has 5 amide bonds. The van der Waals surface area contributed by atoms with E-state index >= 15 is 0 Å². The maximum atomic E-state index is 13.1. The Morgan fingerprint density at radius 2 is 1.70 bits per heavy atom. The smallest absolute Gasteiger partial charge is 0.335 e. The van der Waals surface area contributed by atoms with E-state index in [0.29, 0.717) is 26.9 Å². The molecular formula is C26H18Cl3N3O5. The third kappa shape index (κ3) is 5.77. The van der Waals surface area contributed by atoms with Crippen molar-refractivity contribution in [3.8, 4) is 5.75 Å². The maximum absolute atomic E-state index is 13.1. The standard InChI is InChI=1S/C26H18Cl3N3O5/c1-14-17(27)6-4-8-21(14)32-25(35)16(24(34)31-26(32)36)11-15-9-10-22(19(29)12-15)37-13-23(33)30-20-7-3-2-5-18(20)28/h2-12H,13H2,1H3,(H,30,33)(H,31,34,36)/b16-11-. The Hall–Kier alpha value is -3.85. The number of hydrogen-bond donors (Lipinski definition) is 2. The van der Waals surface area contributed by atoms with Crippen LogP contribution in [-0.2, 0) is 14.4 Å². The van der Waals surface area contributed by atoms with E-state index in [1.165, 1.54) is 18.2 Å². The number of hydrogen-bond acceptors (Lipinski definition) is 5. The van der Waals surface area contributed by atoms with Crippen molar-refractivity contribution in [2.24, 2.45) is 0 Å². The molecule has 2 N–H and O–H groups in total. The summed E-state index contributed by atoms with van der Waals surface area (Å²) in [5, 5.41) is 5.69. The number of amides is 5. The van der Waals surface area contributed by atoms with Gasteiger partial charge in [-0.15, -0.1) is 0 Å².